The molecule has 2 atom stereocenters. The van der Waals surface area contributed by atoms with Gasteiger partial charge in [-0.2, -0.15) is 0 Å². The molecule has 0 heterocycles. The summed E-state index contributed by atoms with van der Waals surface area (Å²) in [5, 5.41) is 6.60. The zero-order chi connectivity index (χ0) is 15.1. The third-order valence-corrected chi connectivity index (χ3v) is 3.54. The van der Waals surface area contributed by atoms with Crippen molar-refractivity contribution in [3.63, 3.8) is 0 Å². The third-order valence-electron chi connectivity index (χ3n) is 3.54. The smallest absolute Gasteiger partial charge is 0.191 e. The number of hydrogen-bond donors (Lipinski definition) is 2. The summed E-state index contributed by atoms with van der Waals surface area (Å²) in [5.74, 6) is 0.931. The third kappa shape index (κ3) is 4.70. The molecule has 0 bridgehead atoms. The Morgan fingerprint density at radius 2 is 2.24 bits per heavy atom. The van der Waals surface area contributed by atoms with Crippen LogP contribution in [-0.2, 0) is 4.74 Å². The molecular formula is C16H24FN3O. The van der Waals surface area contributed by atoms with E-state index in [1.54, 1.807) is 13.2 Å². The first-order valence-corrected chi connectivity index (χ1v) is 7.54. The monoisotopic (exact) mass is 293 g/mol. The van der Waals surface area contributed by atoms with Crippen LogP contribution in [0.25, 0.3) is 0 Å². The van der Waals surface area contributed by atoms with Gasteiger partial charge in [-0.25, -0.2) is 4.39 Å². The number of aliphatic imine (C=N–C) groups is 1. The Balaban J connectivity index is 1.86. The van der Waals surface area contributed by atoms with Crippen LogP contribution >= 0.6 is 0 Å². The second-order valence-corrected chi connectivity index (χ2v) is 5.22. The maximum atomic E-state index is 13.7. The number of rotatable bonds is 7. The predicted octanol–water partition coefficient (Wildman–Crippen LogP) is 2.27. The molecule has 1 fully saturated rings. The lowest BCUT2D eigenvalue weighted by Gasteiger charge is -2.11. The number of hydrogen-bond acceptors (Lipinski definition) is 2. The van der Waals surface area contributed by atoms with Gasteiger partial charge < -0.3 is 15.4 Å². The number of guanidine groups is 1. The van der Waals surface area contributed by atoms with Crippen LogP contribution in [0.3, 0.4) is 0 Å². The topological polar surface area (TPSA) is 45.7 Å². The number of halogens is 1. The van der Waals surface area contributed by atoms with Crippen LogP contribution in [0.2, 0.25) is 0 Å². The van der Waals surface area contributed by atoms with Gasteiger partial charge >= 0.3 is 0 Å². The summed E-state index contributed by atoms with van der Waals surface area (Å²) in [6.45, 7) is 4.28. The second-order valence-electron chi connectivity index (χ2n) is 5.22. The van der Waals surface area contributed by atoms with Crippen LogP contribution in [0, 0.1) is 5.82 Å². The zero-order valence-corrected chi connectivity index (χ0v) is 12.7. The van der Waals surface area contributed by atoms with Gasteiger partial charge in [0.2, 0.25) is 0 Å². The van der Waals surface area contributed by atoms with Crippen molar-refractivity contribution in [1.29, 1.82) is 0 Å². The Kier molecular flexibility index (Phi) is 5.99. The fraction of sp³-hybridized carbons (Fsp3) is 0.562. The minimum atomic E-state index is -0.117. The number of nitrogens with zero attached hydrogens (tertiary/aromatic N) is 1. The zero-order valence-electron chi connectivity index (χ0n) is 12.7. The molecule has 0 spiro atoms. The predicted molar refractivity (Wildman–Crippen MR) is 83.2 cm³/mol. The first-order chi connectivity index (χ1) is 10.3. The quantitative estimate of drug-likeness (QED) is 0.460. The summed E-state index contributed by atoms with van der Waals surface area (Å²) < 4.78 is 18.8. The van der Waals surface area contributed by atoms with Crippen LogP contribution in [-0.4, -0.2) is 38.8 Å². The molecule has 0 radical (unpaired) electrons. The highest BCUT2D eigenvalue weighted by atomic mass is 19.1. The molecule has 1 aliphatic carbocycles. The van der Waals surface area contributed by atoms with Crippen molar-refractivity contribution in [2.45, 2.75) is 31.7 Å². The van der Waals surface area contributed by atoms with Crippen molar-refractivity contribution in [1.82, 2.24) is 10.6 Å². The van der Waals surface area contributed by atoms with E-state index < -0.39 is 0 Å². The molecule has 1 aliphatic rings. The fourth-order valence-electron chi connectivity index (χ4n) is 2.37. The molecule has 116 valence electrons. The normalized spacial score (nSPS) is 21.2. The molecule has 0 aromatic heterocycles. The Hall–Kier alpha value is -1.62. The molecule has 0 saturated heterocycles. The first kappa shape index (κ1) is 15.8. The number of ether oxygens (including phenoxy) is 1. The second kappa shape index (κ2) is 7.98. The number of nitrogens with one attached hydrogen (secondary N) is 2. The van der Waals surface area contributed by atoms with Gasteiger partial charge in [0, 0.05) is 38.8 Å². The van der Waals surface area contributed by atoms with Crippen molar-refractivity contribution in [3.8, 4) is 0 Å². The van der Waals surface area contributed by atoms with Crippen molar-refractivity contribution < 1.29 is 9.13 Å². The molecule has 1 aromatic carbocycles. The molecular weight excluding hydrogens is 269 g/mol. The molecule has 0 aliphatic heterocycles. The number of methoxy groups -OCH3 is 1. The van der Waals surface area contributed by atoms with E-state index in [0.29, 0.717) is 6.61 Å². The van der Waals surface area contributed by atoms with Gasteiger partial charge in [0.05, 0.1) is 0 Å². The average molecular weight is 293 g/mol. The Bertz CT molecular complexity index is 478. The minimum Gasteiger partial charge on any atom is -0.385 e. The summed E-state index contributed by atoms with van der Waals surface area (Å²) in [4.78, 5) is 4.50. The van der Waals surface area contributed by atoms with Gasteiger partial charge in [0.1, 0.15) is 5.82 Å². The van der Waals surface area contributed by atoms with Crippen molar-refractivity contribution >= 4 is 5.96 Å². The summed E-state index contributed by atoms with van der Waals surface area (Å²) in [6.07, 6.45) is 1.85. The molecule has 0 amide bonds. The number of benzene rings is 1. The van der Waals surface area contributed by atoms with Crippen molar-refractivity contribution in [2.75, 3.05) is 26.8 Å². The summed E-state index contributed by atoms with van der Waals surface area (Å²) >= 11 is 0. The molecule has 2 N–H and O–H groups in total. The maximum absolute atomic E-state index is 13.7. The fourth-order valence-corrected chi connectivity index (χ4v) is 2.37. The summed E-state index contributed by atoms with van der Waals surface area (Å²) in [7, 11) is 1.69. The van der Waals surface area contributed by atoms with E-state index in [1.807, 2.05) is 19.1 Å². The van der Waals surface area contributed by atoms with E-state index >= 15 is 0 Å². The highest BCUT2D eigenvalue weighted by Gasteiger charge is 2.40. The maximum Gasteiger partial charge on any atom is 0.191 e. The van der Waals surface area contributed by atoms with Gasteiger partial charge in [-0.05, 0) is 31.4 Å². The molecule has 21 heavy (non-hydrogen) atoms. The Morgan fingerprint density at radius 3 is 2.95 bits per heavy atom. The standard InChI is InChI=1S/C16H24FN3O/c1-3-18-16(19-9-6-10-21-2)20-15-11-13(15)12-7-4-5-8-14(12)17/h4-5,7-8,13,15H,3,6,9-11H2,1-2H3,(H2,18,19,20). The van der Waals surface area contributed by atoms with Crippen LogP contribution in [0.1, 0.15) is 31.2 Å². The van der Waals surface area contributed by atoms with E-state index in [4.69, 9.17) is 4.74 Å². The van der Waals surface area contributed by atoms with Gasteiger partial charge in [0.15, 0.2) is 5.96 Å². The van der Waals surface area contributed by atoms with Crippen molar-refractivity contribution in [3.05, 3.63) is 35.6 Å². The summed E-state index contributed by atoms with van der Waals surface area (Å²) in [5.41, 5.74) is 0.797. The van der Waals surface area contributed by atoms with Crippen LogP contribution in [0.5, 0.6) is 0 Å². The molecule has 1 aromatic rings. The largest absolute Gasteiger partial charge is 0.385 e. The van der Waals surface area contributed by atoms with E-state index in [1.165, 1.54) is 6.07 Å². The average Bonchev–Trinajstić information content (AvgIpc) is 3.23. The lowest BCUT2D eigenvalue weighted by atomic mass is 10.1. The van der Waals surface area contributed by atoms with Crippen molar-refractivity contribution in [2.24, 2.45) is 4.99 Å². The molecule has 2 unspecified atom stereocenters. The molecule has 5 heteroatoms. The van der Waals surface area contributed by atoms with Crippen LogP contribution in [0.4, 0.5) is 4.39 Å². The van der Waals surface area contributed by atoms with E-state index in [2.05, 4.69) is 15.6 Å². The Morgan fingerprint density at radius 1 is 1.43 bits per heavy atom. The molecule has 1 saturated carbocycles. The van der Waals surface area contributed by atoms with Crippen LogP contribution in [0.15, 0.2) is 29.3 Å². The van der Waals surface area contributed by atoms with E-state index in [9.17, 15) is 4.39 Å². The molecule has 4 nitrogen and oxygen atoms in total. The Labute approximate surface area is 125 Å². The summed E-state index contributed by atoms with van der Waals surface area (Å²) in [6, 6.07) is 7.27. The van der Waals surface area contributed by atoms with Gasteiger partial charge in [0.25, 0.3) is 0 Å². The van der Waals surface area contributed by atoms with E-state index in [-0.39, 0.29) is 17.8 Å². The highest BCUT2D eigenvalue weighted by Crippen LogP contribution is 2.41. The van der Waals surface area contributed by atoms with Crippen LogP contribution < -0.4 is 10.6 Å². The lowest BCUT2D eigenvalue weighted by Crippen LogP contribution is -2.39. The van der Waals surface area contributed by atoms with Gasteiger partial charge in [-0.15, -0.1) is 0 Å². The first-order valence-electron chi connectivity index (χ1n) is 7.54. The minimum absolute atomic E-state index is 0.117. The SMILES string of the molecule is CCNC(=NCCCOC)NC1CC1c1ccccc1F. The molecule has 2 rings (SSSR count). The van der Waals surface area contributed by atoms with Gasteiger partial charge in [-0.3, -0.25) is 4.99 Å². The lowest BCUT2D eigenvalue weighted by molar-refractivity contribution is 0.197. The van der Waals surface area contributed by atoms with E-state index in [0.717, 1.165) is 37.5 Å². The van der Waals surface area contributed by atoms with Gasteiger partial charge in [-0.1, -0.05) is 18.2 Å². The highest BCUT2D eigenvalue weighted by molar-refractivity contribution is 5.80.